The molecule has 2 heterocycles. The second kappa shape index (κ2) is 21.2. The summed E-state index contributed by atoms with van der Waals surface area (Å²) in [6.07, 6.45) is 19.5. The SMILES string of the molecule is C=CC[C@@H]1OCCC[C@H]1OC(CC[C@H]1OCCC[C@@H]1O/C=C\[CH2][Sn]([CH2]CCC)([CH2]CCC)[CH2]CCC)OC(C)=O. The molecule has 5 atom stereocenters. The van der Waals surface area contributed by atoms with Gasteiger partial charge in [-0.2, -0.15) is 0 Å². The molecule has 232 valence electrons. The van der Waals surface area contributed by atoms with Crippen LogP contribution in [-0.4, -0.2) is 68.3 Å². The van der Waals surface area contributed by atoms with Gasteiger partial charge in [0.15, 0.2) is 0 Å². The molecule has 0 aromatic heterocycles. The molecule has 0 radical (unpaired) electrons. The fraction of sp³-hybridized carbons (Fsp3) is 0.848. The van der Waals surface area contributed by atoms with Gasteiger partial charge < -0.3 is 4.74 Å². The van der Waals surface area contributed by atoms with Crippen molar-refractivity contribution in [3.05, 3.63) is 25.0 Å². The maximum atomic E-state index is 11.9. The predicted octanol–water partition coefficient (Wildman–Crippen LogP) is 8.72. The number of hydrogen-bond acceptors (Lipinski definition) is 6. The van der Waals surface area contributed by atoms with E-state index < -0.39 is 24.7 Å². The Morgan fingerprint density at radius 3 is 2.12 bits per heavy atom. The van der Waals surface area contributed by atoms with E-state index in [0.29, 0.717) is 6.42 Å². The summed E-state index contributed by atoms with van der Waals surface area (Å²) in [7, 11) is 0. The van der Waals surface area contributed by atoms with Gasteiger partial charge in [-0.25, -0.2) is 0 Å². The number of allylic oxidation sites excluding steroid dienone is 1. The third-order valence-corrected chi connectivity index (χ3v) is 23.8. The summed E-state index contributed by atoms with van der Waals surface area (Å²) in [6, 6.07) is 0. The molecule has 0 aromatic carbocycles. The van der Waals surface area contributed by atoms with Crippen LogP contribution in [0, 0.1) is 0 Å². The summed E-state index contributed by atoms with van der Waals surface area (Å²) in [4.78, 5) is 11.9. The van der Waals surface area contributed by atoms with Gasteiger partial charge in [0.1, 0.15) is 0 Å². The molecule has 0 N–H and O–H groups in total. The Kier molecular flexibility index (Phi) is 18.9. The van der Waals surface area contributed by atoms with Crippen LogP contribution in [0.5, 0.6) is 0 Å². The molecule has 2 rings (SSSR count). The molecule has 2 saturated heterocycles. The van der Waals surface area contributed by atoms with E-state index in [9.17, 15) is 4.79 Å². The zero-order chi connectivity index (χ0) is 29.1. The summed E-state index contributed by atoms with van der Waals surface area (Å²) < 4.78 is 36.2. The first kappa shape index (κ1) is 35.6. The zero-order valence-electron chi connectivity index (χ0n) is 26.2. The van der Waals surface area contributed by atoms with Gasteiger partial charge in [-0.05, 0) is 12.8 Å². The Labute approximate surface area is 249 Å². The second-order valence-electron chi connectivity index (χ2n) is 12.0. The molecule has 0 spiro atoms. The fourth-order valence-corrected chi connectivity index (χ4v) is 21.3. The van der Waals surface area contributed by atoms with Crippen LogP contribution in [0.4, 0.5) is 0 Å². The number of rotatable bonds is 21. The molecule has 0 aromatic rings. The monoisotopic (exact) mass is 672 g/mol. The minimum absolute atomic E-state index is 0.0276. The number of unbranched alkanes of at least 4 members (excludes halogenated alkanes) is 3. The summed E-state index contributed by atoms with van der Waals surface area (Å²) >= 11 is -2.20. The third-order valence-electron chi connectivity index (χ3n) is 8.55. The Morgan fingerprint density at radius 2 is 1.55 bits per heavy atom. The van der Waals surface area contributed by atoms with Crippen molar-refractivity contribution in [3.63, 3.8) is 0 Å². The molecule has 0 aliphatic carbocycles. The van der Waals surface area contributed by atoms with E-state index in [1.165, 1.54) is 63.2 Å². The van der Waals surface area contributed by atoms with E-state index in [-0.39, 0.29) is 30.4 Å². The van der Waals surface area contributed by atoms with Crippen LogP contribution in [-0.2, 0) is 28.5 Å². The van der Waals surface area contributed by atoms with Crippen molar-refractivity contribution < 1.29 is 28.5 Å². The molecular weight excluding hydrogens is 611 g/mol. The Balaban J connectivity index is 1.97. The van der Waals surface area contributed by atoms with Gasteiger partial charge in [0.2, 0.25) is 0 Å². The quantitative estimate of drug-likeness (QED) is 0.0400. The van der Waals surface area contributed by atoms with Crippen molar-refractivity contribution in [2.75, 3.05) is 13.2 Å². The van der Waals surface area contributed by atoms with Crippen LogP contribution in [0.3, 0.4) is 0 Å². The van der Waals surface area contributed by atoms with Crippen molar-refractivity contribution in [1.82, 2.24) is 0 Å². The van der Waals surface area contributed by atoms with E-state index in [2.05, 4.69) is 33.4 Å². The van der Waals surface area contributed by atoms with E-state index in [1.54, 1.807) is 0 Å². The molecule has 0 saturated carbocycles. The summed E-state index contributed by atoms with van der Waals surface area (Å²) in [5, 5.41) is 0. The van der Waals surface area contributed by atoms with E-state index >= 15 is 0 Å². The van der Waals surface area contributed by atoms with Crippen molar-refractivity contribution in [1.29, 1.82) is 0 Å². The van der Waals surface area contributed by atoms with Gasteiger partial charge >= 0.3 is 214 Å². The van der Waals surface area contributed by atoms with Crippen molar-refractivity contribution in [2.45, 2.75) is 160 Å². The zero-order valence-corrected chi connectivity index (χ0v) is 29.1. The Hall–Kier alpha value is -0.571. The number of hydrogen-bond donors (Lipinski definition) is 0. The standard InChI is InChI=1S/C21H33O6.3C4H9.Sn/c1-4-8-17-20(10-7-15-24-17)27-21(26-16(3)22)12-11-19-18(23-13-5-2)9-6-14-25-19;3*1-3-4-2;/h4-5,13,17-21H,1-2,6-12,14-15H2,3H3;3*1,3-4H2,2H3;/b13-5-;;;;/t17-,18-,19+,20+,21?;;;;/m0..../s1. The molecule has 2 aliphatic heterocycles. The topological polar surface area (TPSA) is 63.2 Å². The van der Waals surface area contributed by atoms with Crippen LogP contribution in [0.2, 0.25) is 17.7 Å². The average molecular weight is 672 g/mol. The minimum atomic E-state index is -2.20. The van der Waals surface area contributed by atoms with Crippen LogP contribution < -0.4 is 0 Å². The van der Waals surface area contributed by atoms with Crippen molar-refractivity contribution >= 4 is 24.3 Å². The molecule has 1 unspecified atom stereocenters. The van der Waals surface area contributed by atoms with E-state index in [0.717, 1.165) is 51.7 Å². The molecule has 40 heavy (non-hydrogen) atoms. The second-order valence-corrected chi connectivity index (χ2v) is 26.0. The van der Waals surface area contributed by atoms with Crippen molar-refractivity contribution in [3.8, 4) is 0 Å². The first-order valence-corrected chi connectivity index (χ1v) is 24.5. The molecule has 2 aliphatic rings. The summed E-state index contributed by atoms with van der Waals surface area (Å²) in [5.41, 5.74) is 0. The Morgan fingerprint density at radius 1 is 0.950 bits per heavy atom. The average Bonchev–Trinajstić information content (AvgIpc) is 2.96. The normalized spacial score (nSPS) is 24.6. The number of ether oxygens (including phenoxy) is 5. The van der Waals surface area contributed by atoms with E-state index in [4.69, 9.17) is 23.7 Å². The number of esters is 1. The fourth-order valence-electron chi connectivity index (χ4n) is 6.22. The molecule has 0 amide bonds. The molecule has 2 fully saturated rings. The molecule has 6 nitrogen and oxygen atoms in total. The van der Waals surface area contributed by atoms with E-state index in [1.807, 2.05) is 12.3 Å². The van der Waals surface area contributed by atoms with Gasteiger partial charge in [0.05, 0.1) is 0 Å². The van der Waals surface area contributed by atoms with Crippen molar-refractivity contribution in [2.24, 2.45) is 0 Å². The first-order valence-electron chi connectivity index (χ1n) is 16.4. The number of carbonyl (C=O) groups excluding carboxylic acids is 1. The number of carbonyl (C=O) groups is 1. The van der Waals surface area contributed by atoms with Gasteiger partial charge in [-0.1, -0.05) is 6.08 Å². The summed E-state index contributed by atoms with van der Waals surface area (Å²) in [6.45, 7) is 13.8. The van der Waals surface area contributed by atoms with Crippen LogP contribution in [0.25, 0.3) is 0 Å². The molecule has 0 bridgehead atoms. The molecule has 7 heteroatoms. The van der Waals surface area contributed by atoms with Gasteiger partial charge in [0.25, 0.3) is 0 Å². The molecular formula is C33H60O6Sn. The van der Waals surface area contributed by atoms with Gasteiger partial charge in [0, 0.05) is 6.61 Å². The predicted molar refractivity (Wildman–Crippen MR) is 166 cm³/mol. The maximum absolute atomic E-state index is 11.9. The van der Waals surface area contributed by atoms with Crippen LogP contribution in [0.15, 0.2) is 25.0 Å². The third kappa shape index (κ3) is 13.6. The van der Waals surface area contributed by atoms with Gasteiger partial charge in [-0.15, -0.1) is 6.58 Å². The Bertz CT molecular complexity index is 691. The summed E-state index contributed by atoms with van der Waals surface area (Å²) in [5.74, 6) is -0.328. The first-order chi connectivity index (χ1) is 19.5. The van der Waals surface area contributed by atoms with Crippen LogP contribution in [0.1, 0.15) is 111 Å². The van der Waals surface area contributed by atoms with Crippen LogP contribution >= 0.6 is 0 Å². The van der Waals surface area contributed by atoms with Gasteiger partial charge in [-0.3, -0.25) is 0 Å².